The zero-order valence-electron chi connectivity index (χ0n) is 11.2. The highest BCUT2D eigenvalue weighted by atomic mass is 16.2. The quantitative estimate of drug-likeness (QED) is 0.809. The van der Waals surface area contributed by atoms with Crippen molar-refractivity contribution in [1.29, 1.82) is 0 Å². The molecule has 2 aromatic rings. The van der Waals surface area contributed by atoms with Gasteiger partial charge in [-0.1, -0.05) is 30.3 Å². The maximum absolute atomic E-state index is 11.9. The van der Waals surface area contributed by atoms with Gasteiger partial charge < -0.3 is 4.90 Å². The molecule has 2 rings (SSSR count). The van der Waals surface area contributed by atoms with Gasteiger partial charge in [-0.25, -0.2) is 0 Å². The van der Waals surface area contributed by atoms with Crippen LogP contribution in [-0.4, -0.2) is 44.1 Å². The predicted octanol–water partition coefficient (Wildman–Crippen LogP) is 1.21. The second-order valence-corrected chi connectivity index (χ2v) is 4.08. The summed E-state index contributed by atoms with van der Waals surface area (Å²) in [6.45, 7) is 5.41. The minimum Gasteiger partial charge on any atom is -0.342 e. The molecule has 6 nitrogen and oxygen atoms in total. The Hall–Kier alpha value is -2.24. The van der Waals surface area contributed by atoms with Crippen LogP contribution in [0.2, 0.25) is 0 Å². The molecule has 0 atom stereocenters. The van der Waals surface area contributed by atoms with Crippen molar-refractivity contribution in [1.82, 2.24) is 25.1 Å². The number of carbonyl (C=O) groups is 1. The Morgan fingerprint density at radius 3 is 2.53 bits per heavy atom. The van der Waals surface area contributed by atoms with Gasteiger partial charge in [-0.2, -0.15) is 4.80 Å². The molecule has 0 bridgehead atoms. The molecule has 19 heavy (non-hydrogen) atoms. The number of nitrogens with zero attached hydrogens (tertiary/aromatic N) is 5. The molecule has 0 saturated heterocycles. The summed E-state index contributed by atoms with van der Waals surface area (Å²) in [6.07, 6.45) is 0. The van der Waals surface area contributed by atoms with Gasteiger partial charge in [0.1, 0.15) is 6.54 Å². The molecule has 0 aliphatic rings. The molecule has 6 heteroatoms. The normalized spacial score (nSPS) is 10.4. The minimum absolute atomic E-state index is 0.00186. The first-order chi connectivity index (χ1) is 9.24. The van der Waals surface area contributed by atoms with Crippen LogP contribution in [0.4, 0.5) is 0 Å². The van der Waals surface area contributed by atoms with Crippen molar-refractivity contribution in [3.8, 4) is 11.4 Å². The van der Waals surface area contributed by atoms with Crippen LogP contribution in [0, 0.1) is 0 Å². The maximum Gasteiger partial charge on any atom is 0.246 e. The van der Waals surface area contributed by atoms with Crippen molar-refractivity contribution in [3.05, 3.63) is 30.3 Å². The van der Waals surface area contributed by atoms with Crippen LogP contribution in [-0.2, 0) is 11.3 Å². The van der Waals surface area contributed by atoms with Gasteiger partial charge in [-0.15, -0.1) is 10.2 Å². The van der Waals surface area contributed by atoms with Gasteiger partial charge in [-0.3, -0.25) is 4.79 Å². The third-order valence-corrected chi connectivity index (χ3v) is 2.88. The smallest absolute Gasteiger partial charge is 0.246 e. The van der Waals surface area contributed by atoms with Gasteiger partial charge >= 0.3 is 0 Å². The van der Waals surface area contributed by atoms with Crippen LogP contribution < -0.4 is 0 Å². The molecule has 100 valence electrons. The van der Waals surface area contributed by atoms with E-state index in [1.54, 1.807) is 4.90 Å². The van der Waals surface area contributed by atoms with Crippen LogP contribution in [0.3, 0.4) is 0 Å². The SMILES string of the molecule is CCN(CC)C(=O)Cn1nnc(-c2ccccc2)n1. The number of amides is 1. The Morgan fingerprint density at radius 2 is 1.89 bits per heavy atom. The van der Waals surface area contributed by atoms with E-state index in [9.17, 15) is 4.79 Å². The lowest BCUT2D eigenvalue weighted by Crippen LogP contribution is -2.34. The molecule has 0 N–H and O–H groups in total. The standard InChI is InChI=1S/C13H17N5O/c1-3-17(4-2)12(19)10-18-15-13(14-16-18)11-8-6-5-7-9-11/h5-9H,3-4,10H2,1-2H3. The van der Waals surface area contributed by atoms with Crippen molar-refractivity contribution in [2.24, 2.45) is 0 Å². The Morgan fingerprint density at radius 1 is 1.21 bits per heavy atom. The average molecular weight is 259 g/mol. The highest BCUT2D eigenvalue weighted by molar-refractivity contribution is 5.75. The Labute approximate surface area is 112 Å². The Bertz CT molecular complexity index is 533. The Kier molecular flexibility index (Phi) is 4.22. The van der Waals surface area contributed by atoms with Crippen LogP contribution in [0.15, 0.2) is 30.3 Å². The lowest BCUT2D eigenvalue weighted by atomic mass is 10.2. The van der Waals surface area contributed by atoms with E-state index in [0.717, 1.165) is 5.56 Å². The summed E-state index contributed by atoms with van der Waals surface area (Å²) >= 11 is 0. The molecule has 0 radical (unpaired) electrons. The number of aromatic nitrogens is 4. The second kappa shape index (κ2) is 6.08. The van der Waals surface area contributed by atoms with Crippen molar-refractivity contribution in [2.75, 3.05) is 13.1 Å². The number of rotatable bonds is 5. The number of tetrazole rings is 1. The summed E-state index contributed by atoms with van der Waals surface area (Å²) in [4.78, 5) is 15.0. The zero-order valence-corrected chi connectivity index (χ0v) is 11.2. The topological polar surface area (TPSA) is 63.9 Å². The lowest BCUT2D eigenvalue weighted by Gasteiger charge is -2.17. The van der Waals surface area contributed by atoms with E-state index in [1.165, 1.54) is 4.80 Å². The van der Waals surface area contributed by atoms with Crippen molar-refractivity contribution in [2.45, 2.75) is 20.4 Å². The molecule has 0 saturated carbocycles. The van der Waals surface area contributed by atoms with E-state index in [-0.39, 0.29) is 12.5 Å². The van der Waals surface area contributed by atoms with Crippen LogP contribution in [0.25, 0.3) is 11.4 Å². The summed E-state index contributed by atoms with van der Waals surface area (Å²) in [6, 6.07) is 9.58. The molecule has 0 fully saturated rings. The number of likely N-dealkylation sites (N-methyl/N-ethyl adjacent to an activating group) is 1. The monoisotopic (exact) mass is 259 g/mol. The maximum atomic E-state index is 11.9. The summed E-state index contributed by atoms with van der Waals surface area (Å²) in [5.74, 6) is 0.537. The first-order valence-corrected chi connectivity index (χ1v) is 6.35. The van der Waals surface area contributed by atoms with Crippen molar-refractivity contribution in [3.63, 3.8) is 0 Å². The average Bonchev–Trinajstić information content (AvgIpc) is 2.89. The molecule has 1 heterocycles. The molecule has 0 unspecified atom stereocenters. The molecule has 0 spiro atoms. The first-order valence-electron chi connectivity index (χ1n) is 6.35. The van der Waals surface area contributed by atoms with E-state index in [2.05, 4.69) is 15.4 Å². The number of hydrogen-bond acceptors (Lipinski definition) is 4. The van der Waals surface area contributed by atoms with Crippen LogP contribution in [0.5, 0.6) is 0 Å². The van der Waals surface area contributed by atoms with Crippen molar-refractivity contribution < 1.29 is 4.79 Å². The molecule has 0 aliphatic carbocycles. The Balaban J connectivity index is 2.08. The van der Waals surface area contributed by atoms with Gasteiger partial charge in [0, 0.05) is 18.7 Å². The van der Waals surface area contributed by atoms with Crippen LogP contribution in [0.1, 0.15) is 13.8 Å². The fourth-order valence-corrected chi connectivity index (χ4v) is 1.81. The van der Waals surface area contributed by atoms with E-state index in [0.29, 0.717) is 18.9 Å². The number of benzene rings is 1. The molecular formula is C13H17N5O. The molecular weight excluding hydrogens is 242 g/mol. The summed E-state index contributed by atoms with van der Waals surface area (Å²) in [5.41, 5.74) is 0.893. The lowest BCUT2D eigenvalue weighted by molar-refractivity contribution is -0.131. The molecule has 0 aliphatic heterocycles. The zero-order chi connectivity index (χ0) is 13.7. The number of carbonyl (C=O) groups excluding carboxylic acids is 1. The van der Waals surface area contributed by atoms with E-state index in [1.807, 2.05) is 44.2 Å². The number of hydrogen-bond donors (Lipinski definition) is 0. The third kappa shape index (κ3) is 3.15. The highest BCUT2D eigenvalue weighted by Gasteiger charge is 2.13. The molecule has 1 aromatic carbocycles. The second-order valence-electron chi connectivity index (χ2n) is 4.08. The van der Waals surface area contributed by atoms with Crippen molar-refractivity contribution >= 4 is 5.91 Å². The summed E-state index contributed by atoms with van der Waals surface area (Å²) in [5, 5.41) is 12.1. The first kappa shape index (κ1) is 13.2. The summed E-state index contributed by atoms with van der Waals surface area (Å²) < 4.78 is 0. The molecule has 1 aromatic heterocycles. The largest absolute Gasteiger partial charge is 0.342 e. The fourth-order valence-electron chi connectivity index (χ4n) is 1.81. The van der Waals surface area contributed by atoms with Gasteiger partial charge in [-0.05, 0) is 19.1 Å². The van der Waals surface area contributed by atoms with E-state index in [4.69, 9.17) is 0 Å². The van der Waals surface area contributed by atoms with Crippen LogP contribution >= 0.6 is 0 Å². The summed E-state index contributed by atoms with van der Waals surface area (Å²) in [7, 11) is 0. The van der Waals surface area contributed by atoms with Gasteiger partial charge in [0.2, 0.25) is 11.7 Å². The third-order valence-electron chi connectivity index (χ3n) is 2.88. The van der Waals surface area contributed by atoms with Gasteiger partial charge in [0.15, 0.2) is 0 Å². The highest BCUT2D eigenvalue weighted by Crippen LogP contribution is 2.11. The van der Waals surface area contributed by atoms with Gasteiger partial charge in [0.25, 0.3) is 0 Å². The predicted molar refractivity (Wildman–Crippen MR) is 71.2 cm³/mol. The molecule has 1 amide bonds. The van der Waals surface area contributed by atoms with E-state index >= 15 is 0 Å². The minimum atomic E-state index is 0.00186. The van der Waals surface area contributed by atoms with Gasteiger partial charge in [0.05, 0.1) is 0 Å². The van der Waals surface area contributed by atoms with E-state index < -0.39 is 0 Å². The fraction of sp³-hybridized carbons (Fsp3) is 0.385.